The second-order valence-electron chi connectivity index (χ2n) is 2.57. The average Bonchev–Trinajstić information content (AvgIpc) is 2.44. The maximum absolute atomic E-state index is 10.3. The normalized spacial score (nSPS) is 10.5. The molecule has 0 spiro atoms. The van der Waals surface area contributed by atoms with Crippen molar-refractivity contribution >= 4 is 40.1 Å². The summed E-state index contributed by atoms with van der Waals surface area (Å²) in [6.07, 6.45) is 1.86. The lowest BCUT2D eigenvalue weighted by Crippen LogP contribution is -1.97. The summed E-state index contributed by atoms with van der Waals surface area (Å²) in [7, 11) is 0. The summed E-state index contributed by atoms with van der Waals surface area (Å²) in [5, 5.41) is 0. The molecular formula is C9H6NOS2. The monoisotopic (exact) mass is 208 g/mol. The van der Waals surface area contributed by atoms with Crippen LogP contribution >= 0.6 is 23.6 Å². The molecule has 0 atom stereocenters. The van der Waals surface area contributed by atoms with E-state index in [9.17, 15) is 4.79 Å². The summed E-state index contributed by atoms with van der Waals surface area (Å²) in [4.78, 5) is 10.3. The van der Waals surface area contributed by atoms with E-state index < -0.39 is 0 Å². The van der Waals surface area contributed by atoms with Gasteiger partial charge in [0, 0.05) is 0 Å². The quantitative estimate of drug-likeness (QED) is 0.707. The van der Waals surface area contributed by atoms with Gasteiger partial charge in [0.05, 0.1) is 16.8 Å². The lowest BCUT2D eigenvalue weighted by molar-refractivity contribution is 0.546. The van der Waals surface area contributed by atoms with Gasteiger partial charge in [-0.25, -0.2) is 0 Å². The average molecular weight is 208 g/mol. The first-order chi connectivity index (χ1) is 6.33. The summed E-state index contributed by atoms with van der Waals surface area (Å²) in [6, 6.07) is 7.85. The Kier molecular flexibility index (Phi) is 2.24. The number of hydrogen-bond donors (Lipinski definition) is 0. The molecule has 0 fully saturated rings. The molecule has 0 N–H and O–H groups in total. The Morgan fingerprint density at radius 3 is 3.00 bits per heavy atom. The van der Waals surface area contributed by atoms with Gasteiger partial charge in [-0.2, -0.15) is 0 Å². The van der Waals surface area contributed by atoms with E-state index in [2.05, 4.69) is 0 Å². The molecule has 13 heavy (non-hydrogen) atoms. The molecule has 2 rings (SSSR count). The van der Waals surface area contributed by atoms with Crippen LogP contribution in [0.3, 0.4) is 0 Å². The first kappa shape index (κ1) is 8.59. The Balaban J connectivity index is 2.78. The predicted octanol–water partition coefficient (Wildman–Crippen LogP) is 2.54. The largest absolute Gasteiger partial charge is 0.315 e. The van der Waals surface area contributed by atoms with Gasteiger partial charge in [-0.3, -0.25) is 4.79 Å². The van der Waals surface area contributed by atoms with Crippen molar-refractivity contribution in [2.75, 3.05) is 0 Å². The number of rotatable bonds is 2. The van der Waals surface area contributed by atoms with Crippen LogP contribution < -0.4 is 0 Å². The van der Waals surface area contributed by atoms with Crippen LogP contribution in [0.25, 0.3) is 10.2 Å². The smallest absolute Gasteiger partial charge is 0.219 e. The summed E-state index contributed by atoms with van der Waals surface area (Å²) in [5.74, 6) is 0. The molecular weight excluding hydrogens is 202 g/mol. The highest BCUT2D eigenvalue weighted by Gasteiger charge is 2.02. The second kappa shape index (κ2) is 3.40. The van der Waals surface area contributed by atoms with Gasteiger partial charge < -0.3 is 4.57 Å². The van der Waals surface area contributed by atoms with Gasteiger partial charge in [0.1, 0.15) is 0 Å². The molecule has 0 amide bonds. The van der Waals surface area contributed by atoms with Crippen LogP contribution in [0.1, 0.15) is 0 Å². The van der Waals surface area contributed by atoms with Crippen LogP contribution in [0.5, 0.6) is 0 Å². The molecule has 0 saturated heterocycles. The molecule has 4 heteroatoms. The Bertz CT molecular complexity index is 498. The third-order valence-electron chi connectivity index (χ3n) is 1.80. The van der Waals surface area contributed by atoms with Gasteiger partial charge in [-0.15, -0.1) is 11.3 Å². The van der Waals surface area contributed by atoms with Crippen molar-refractivity contribution in [1.82, 2.24) is 4.57 Å². The van der Waals surface area contributed by atoms with Gasteiger partial charge in [0.25, 0.3) is 0 Å². The lowest BCUT2D eigenvalue weighted by Gasteiger charge is -1.96. The fourth-order valence-corrected chi connectivity index (χ4v) is 2.55. The second-order valence-corrected chi connectivity index (χ2v) is 4.24. The number of nitrogens with zero attached hydrogens (tertiary/aromatic N) is 1. The van der Waals surface area contributed by atoms with Gasteiger partial charge in [-0.05, 0) is 24.4 Å². The third-order valence-corrected chi connectivity index (χ3v) is 3.23. The molecule has 1 aromatic carbocycles. The minimum absolute atomic E-state index is 0.225. The number of para-hydroxylation sites is 1. The van der Waals surface area contributed by atoms with E-state index >= 15 is 0 Å². The van der Waals surface area contributed by atoms with Gasteiger partial charge in [0.2, 0.25) is 6.29 Å². The molecule has 0 unspecified atom stereocenters. The first-order valence-electron chi connectivity index (χ1n) is 3.76. The zero-order chi connectivity index (χ0) is 9.26. The van der Waals surface area contributed by atoms with Crippen LogP contribution in [0.2, 0.25) is 0 Å². The van der Waals surface area contributed by atoms with Gasteiger partial charge in [0.15, 0.2) is 3.95 Å². The Labute approximate surface area is 84.4 Å². The standard InChI is InChI=1S/C9H6NOS2/c11-6-5-10-7-3-1-2-4-8(7)13-9(10)12/h1-4H,5H2. The molecule has 0 aliphatic rings. The number of thiazole rings is 1. The number of hydrogen-bond acceptors (Lipinski definition) is 3. The van der Waals surface area contributed by atoms with E-state index in [1.54, 1.807) is 4.57 Å². The highest BCUT2D eigenvalue weighted by atomic mass is 32.1. The first-order valence-corrected chi connectivity index (χ1v) is 4.99. The predicted molar refractivity (Wildman–Crippen MR) is 56.3 cm³/mol. The SMILES string of the molecule is O=[C]Cn1c(=S)sc2ccccc21. The van der Waals surface area contributed by atoms with Crippen molar-refractivity contribution in [2.24, 2.45) is 0 Å². The van der Waals surface area contributed by atoms with Crippen LogP contribution in [0.4, 0.5) is 0 Å². The summed E-state index contributed by atoms with van der Waals surface area (Å²) >= 11 is 6.64. The minimum atomic E-state index is 0.225. The molecule has 2 nitrogen and oxygen atoms in total. The summed E-state index contributed by atoms with van der Waals surface area (Å²) in [5.41, 5.74) is 1.01. The molecule has 0 aliphatic heterocycles. The third kappa shape index (κ3) is 1.43. The number of carbonyl (C=O) groups excluding carboxylic acids is 1. The van der Waals surface area contributed by atoms with Crippen molar-refractivity contribution in [1.29, 1.82) is 0 Å². The van der Waals surface area contributed by atoms with Gasteiger partial charge >= 0.3 is 0 Å². The fraction of sp³-hybridized carbons (Fsp3) is 0.111. The molecule has 1 radical (unpaired) electrons. The zero-order valence-corrected chi connectivity index (χ0v) is 8.32. The van der Waals surface area contributed by atoms with E-state index in [4.69, 9.17) is 12.2 Å². The van der Waals surface area contributed by atoms with Gasteiger partial charge in [-0.1, -0.05) is 12.1 Å². The van der Waals surface area contributed by atoms with E-state index in [1.165, 1.54) is 11.3 Å². The van der Waals surface area contributed by atoms with Crippen molar-refractivity contribution in [3.05, 3.63) is 28.2 Å². The van der Waals surface area contributed by atoms with Crippen molar-refractivity contribution in [2.45, 2.75) is 6.54 Å². The van der Waals surface area contributed by atoms with Crippen LogP contribution in [0.15, 0.2) is 24.3 Å². The topological polar surface area (TPSA) is 22.0 Å². The lowest BCUT2D eigenvalue weighted by atomic mass is 10.3. The van der Waals surface area contributed by atoms with E-state index in [-0.39, 0.29) is 6.54 Å². The molecule has 65 valence electrons. The molecule has 2 aromatic rings. The minimum Gasteiger partial charge on any atom is -0.315 e. The molecule has 0 saturated carbocycles. The summed E-state index contributed by atoms with van der Waals surface area (Å²) in [6.45, 7) is 0.225. The van der Waals surface area contributed by atoms with Crippen molar-refractivity contribution in [3.8, 4) is 0 Å². The number of fused-ring (bicyclic) bond motifs is 1. The Morgan fingerprint density at radius 2 is 2.23 bits per heavy atom. The van der Waals surface area contributed by atoms with Crippen LogP contribution in [-0.4, -0.2) is 10.9 Å². The Hall–Kier alpha value is -1.00. The molecule has 1 aromatic heterocycles. The van der Waals surface area contributed by atoms with Crippen molar-refractivity contribution in [3.63, 3.8) is 0 Å². The molecule has 0 aliphatic carbocycles. The zero-order valence-electron chi connectivity index (χ0n) is 6.69. The maximum atomic E-state index is 10.3. The maximum Gasteiger partial charge on any atom is 0.219 e. The number of benzene rings is 1. The van der Waals surface area contributed by atoms with Crippen molar-refractivity contribution < 1.29 is 4.79 Å². The fourth-order valence-electron chi connectivity index (χ4n) is 1.23. The van der Waals surface area contributed by atoms with E-state index in [0.29, 0.717) is 0 Å². The Morgan fingerprint density at radius 1 is 1.46 bits per heavy atom. The molecule has 1 heterocycles. The van der Waals surface area contributed by atoms with Crippen LogP contribution in [0, 0.1) is 3.95 Å². The number of aromatic nitrogens is 1. The highest BCUT2D eigenvalue weighted by Crippen LogP contribution is 2.21. The van der Waals surface area contributed by atoms with Crippen LogP contribution in [-0.2, 0) is 11.3 Å². The highest BCUT2D eigenvalue weighted by molar-refractivity contribution is 7.73. The van der Waals surface area contributed by atoms with E-state index in [1.807, 2.05) is 30.6 Å². The molecule has 0 bridgehead atoms. The summed E-state index contributed by atoms with van der Waals surface area (Å²) < 4.78 is 3.63. The van der Waals surface area contributed by atoms with E-state index in [0.717, 1.165) is 14.2 Å².